The van der Waals surface area contributed by atoms with Gasteiger partial charge in [-0.3, -0.25) is 24.6 Å². The number of likely N-dealkylation sites (N-methyl/N-ethyl adjacent to an activating group) is 1. The normalized spacial score (nSPS) is 19.6. The molecule has 1 saturated heterocycles. The van der Waals surface area contributed by atoms with Crippen molar-refractivity contribution in [2.24, 2.45) is 5.73 Å². The van der Waals surface area contributed by atoms with Crippen molar-refractivity contribution < 1.29 is 19.1 Å². The third-order valence-corrected chi connectivity index (χ3v) is 4.96. The average molecular weight is 374 g/mol. The van der Waals surface area contributed by atoms with Gasteiger partial charge in [0.15, 0.2) is 0 Å². The first-order chi connectivity index (χ1) is 13.0. The van der Waals surface area contributed by atoms with E-state index < -0.39 is 6.04 Å². The van der Waals surface area contributed by atoms with Crippen LogP contribution in [-0.4, -0.2) is 66.9 Å². The molecule has 0 radical (unpaired) electrons. The summed E-state index contributed by atoms with van der Waals surface area (Å²) in [4.78, 5) is 40.2. The summed E-state index contributed by atoms with van der Waals surface area (Å²) < 4.78 is 5.41. The van der Waals surface area contributed by atoms with Gasteiger partial charge < -0.3 is 15.4 Å². The summed E-state index contributed by atoms with van der Waals surface area (Å²) in [6.07, 6.45) is 0.632. The summed E-state index contributed by atoms with van der Waals surface area (Å²) in [6.45, 7) is 3.37. The fourth-order valence-electron chi connectivity index (χ4n) is 3.60. The lowest BCUT2D eigenvalue weighted by Crippen LogP contribution is -2.52. The van der Waals surface area contributed by atoms with Crippen molar-refractivity contribution in [3.63, 3.8) is 0 Å². The molecular weight excluding hydrogens is 348 g/mol. The van der Waals surface area contributed by atoms with Gasteiger partial charge in [0.2, 0.25) is 11.8 Å². The average Bonchev–Trinajstić information content (AvgIpc) is 2.96. The van der Waals surface area contributed by atoms with Crippen LogP contribution < -0.4 is 11.1 Å². The minimum absolute atomic E-state index is 0.136. The molecule has 8 heteroatoms. The van der Waals surface area contributed by atoms with Crippen molar-refractivity contribution in [1.82, 2.24) is 15.1 Å². The number of piperidine rings is 1. The highest BCUT2D eigenvalue weighted by atomic mass is 16.5. The molecule has 0 saturated carbocycles. The predicted molar refractivity (Wildman–Crippen MR) is 98.7 cm³/mol. The highest BCUT2D eigenvalue weighted by Gasteiger charge is 2.39. The van der Waals surface area contributed by atoms with Crippen molar-refractivity contribution in [2.75, 3.05) is 33.4 Å². The molecule has 3 N–H and O–H groups in total. The molecule has 2 aliphatic heterocycles. The van der Waals surface area contributed by atoms with Crippen molar-refractivity contribution in [3.8, 4) is 0 Å². The molecule has 1 aromatic rings. The van der Waals surface area contributed by atoms with Crippen LogP contribution in [0.5, 0.6) is 0 Å². The maximum absolute atomic E-state index is 13.0. The number of carbonyl (C=O) groups excluding carboxylic acids is 3. The fraction of sp³-hybridized carbons (Fsp3) is 0.526. The Hall–Kier alpha value is -2.29. The number of benzene rings is 1. The first-order valence-corrected chi connectivity index (χ1v) is 9.23. The maximum Gasteiger partial charge on any atom is 0.255 e. The number of imide groups is 1. The second-order valence-corrected chi connectivity index (χ2v) is 6.99. The molecule has 1 aromatic carbocycles. The number of amides is 3. The molecule has 0 bridgehead atoms. The molecule has 146 valence electrons. The van der Waals surface area contributed by atoms with Crippen LogP contribution in [0.1, 0.15) is 34.3 Å². The summed E-state index contributed by atoms with van der Waals surface area (Å²) in [5.41, 5.74) is 7.95. The molecule has 3 amide bonds. The van der Waals surface area contributed by atoms with Gasteiger partial charge in [0.1, 0.15) is 6.04 Å². The Balaban J connectivity index is 1.69. The number of carbonyl (C=O) groups is 3. The van der Waals surface area contributed by atoms with E-state index in [1.54, 1.807) is 4.90 Å². The Morgan fingerprint density at radius 3 is 2.85 bits per heavy atom. The van der Waals surface area contributed by atoms with Gasteiger partial charge in [0.05, 0.1) is 13.2 Å². The molecule has 2 aliphatic rings. The van der Waals surface area contributed by atoms with E-state index in [4.69, 9.17) is 10.5 Å². The maximum atomic E-state index is 13.0. The zero-order valence-corrected chi connectivity index (χ0v) is 15.6. The lowest BCUT2D eigenvalue weighted by Gasteiger charge is -2.29. The van der Waals surface area contributed by atoms with Crippen LogP contribution >= 0.6 is 0 Å². The number of ether oxygens (including phenoxy) is 1. The van der Waals surface area contributed by atoms with Crippen molar-refractivity contribution >= 4 is 17.7 Å². The van der Waals surface area contributed by atoms with Gasteiger partial charge in [-0.25, -0.2) is 0 Å². The van der Waals surface area contributed by atoms with Crippen LogP contribution in [0.2, 0.25) is 0 Å². The molecule has 1 atom stereocenters. The first-order valence-electron chi connectivity index (χ1n) is 9.23. The standard InChI is InChI=1S/C19H26N4O4/c1-22(8-10-27-9-7-20)11-13-3-2-4-14-12-23(19(26)17(13)14)15-5-6-16(24)21-18(15)25/h2-4,15H,5-12,20H2,1H3,(H,21,24,25). The number of rotatable bonds is 8. The molecule has 0 spiro atoms. The Labute approximate surface area is 158 Å². The van der Waals surface area contributed by atoms with E-state index in [0.717, 1.165) is 17.7 Å². The van der Waals surface area contributed by atoms with Gasteiger partial charge in [0, 0.05) is 38.2 Å². The molecule has 2 heterocycles. The quantitative estimate of drug-likeness (QED) is 0.485. The van der Waals surface area contributed by atoms with Gasteiger partial charge in [-0.15, -0.1) is 0 Å². The molecule has 1 unspecified atom stereocenters. The van der Waals surface area contributed by atoms with E-state index in [2.05, 4.69) is 10.2 Å². The summed E-state index contributed by atoms with van der Waals surface area (Å²) in [5.74, 6) is -0.800. The van der Waals surface area contributed by atoms with Gasteiger partial charge >= 0.3 is 0 Å². The van der Waals surface area contributed by atoms with Crippen molar-refractivity contribution in [2.45, 2.75) is 32.0 Å². The summed E-state index contributed by atoms with van der Waals surface area (Å²) >= 11 is 0. The number of nitrogens with two attached hydrogens (primary N) is 1. The van der Waals surface area contributed by atoms with Gasteiger partial charge in [-0.2, -0.15) is 0 Å². The second kappa shape index (κ2) is 8.60. The minimum Gasteiger partial charge on any atom is -0.379 e. The van der Waals surface area contributed by atoms with E-state index in [9.17, 15) is 14.4 Å². The van der Waals surface area contributed by atoms with Crippen LogP contribution in [0.4, 0.5) is 0 Å². The van der Waals surface area contributed by atoms with Gasteiger partial charge in [-0.1, -0.05) is 18.2 Å². The number of nitrogens with zero attached hydrogens (tertiary/aromatic N) is 2. The van der Waals surface area contributed by atoms with Crippen LogP contribution in [0.25, 0.3) is 0 Å². The van der Waals surface area contributed by atoms with Crippen LogP contribution in [-0.2, 0) is 27.4 Å². The highest BCUT2D eigenvalue weighted by molar-refractivity contribution is 6.05. The Morgan fingerprint density at radius 1 is 1.30 bits per heavy atom. The summed E-state index contributed by atoms with van der Waals surface area (Å²) in [5, 5.41) is 2.33. The van der Waals surface area contributed by atoms with E-state index >= 15 is 0 Å². The van der Waals surface area contributed by atoms with E-state index in [-0.39, 0.29) is 24.1 Å². The molecule has 0 aliphatic carbocycles. The van der Waals surface area contributed by atoms with Gasteiger partial charge in [0.25, 0.3) is 5.91 Å². The minimum atomic E-state index is -0.585. The van der Waals surface area contributed by atoms with E-state index in [0.29, 0.717) is 44.8 Å². The Morgan fingerprint density at radius 2 is 2.11 bits per heavy atom. The molecule has 27 heavy (non-hydrogen) atoms. The van der Waals surface area contributed by atoms with E-state index in [1.807, 2.05) is 25.2 Å². The lowest BCUT2D eigenvalue weighted by molar-refractivity contribution is -0.136. The van der Waals surface area contributed by atoms with Crippen LogP contribution in [0, 0.1) is 0 Å². The number of hydrogen-bond acceptors (Lipinski definition) is 6. The molecular formula is C19H26N4O4. The topological polar surface area (TPSA) is 105 Å². The van der Waals surface area contributed by atoms with E-state index in [1.165, 1.54) is 0 Å². The summed E-state index contributed by atoms with van der Waals surface area (Å²) in [7, 11) is 1.97. The van der Waals surface area contributed by atoms with Crippen molar-refractivity contribution in [1.29, 1.82) is 0 Å². The van der Waals surface area contributed by atoms with Crippen LogP contribution in [0.15, 0.2) is 18.2 Å². The zero-order chi connectivity index (χ0) is 19.4. The zero-order valence-electron chi connectivity index (χ0n) is 15.6. The molecule has 1 fully saturated rings. The van der Waals surface area contributed by atoms with Crippen LogP contribution in [0.3, 0.4) is 0 Å². The fourth-order valence-corrected chi connectivity index (χ4v) is 3.60. The van der Waals surface area contributed by atoms with Crippen molar-refractivity contribution in [3.05, 3.63) is 34.9 Å². The second-order valence-electron chi connectivity index (χ2n) is 6.99. The molecule has 0 aromatic heterocycles. The number of nitrogens with one attached hydrogen (secondary N) is 1. The lowest BCUT2D eigenvalue weighted by atomic mass is 10.0. The predicted octanol–water partition coefficient (Wildman–Crippen LogP) is -0.145. The Bertz CT molecular complexity index is 736. The third kappa shape index (κ3) is 4.35. The largest absolute Gasteiger partial charge is 0.379 e. The van der Waals surface area contributed by atoms with Gasteiger partial charge in [-0.05, 0) is 24.6 Å². The highest BCUT2D eigenvalue weighted by Crippen LogP contribution is 2.30. The monoisotopic (exact) mass is 374 g/mol. The number of hydrogen-bond donors (Lipinski definition) is 2. The Kier molecular flexibility index (Phi) is 6.20. The third-order valence-electron chi connectivity index (χ3n) is 4.96. The SMILES string of the molecule is CN(CCOCCN)Cc1cccc2c1C(=O)N(C1CCC(=O)NC1=O)C2. The molecule has 3 rings (SSSR count). The first kappa shape index (κ1) is 19.5. The summed E-state index contributed by atoms with van der Waals surface area (Å²) in [6, 6.07) is 5.22. The number of fused-ring (bicyclic) bond motifs is 1. The molecule has 8 nitrogen and oxygen atoms in total. The smallest absolute Gasteiger partial charge is 0.255 e.